The van der Waals surface area contributed by atoms with Crippen LogP contribution in [-0.4, -0.2) is 0 Å². The number of terminal acetylenes is 1. The van der Waals surface area contributed by atoms with Crippen LogP contribution in [0.4, 0.5) is 0 Å². The molecule has 121 valence electrons. The molecule has 0 saturated heterocycles. The van der Waals surface area contributed by atoms with Crippen LogP contribution in [-0.2, 0) is 0 Å². The van der Waals surface area contributed by atoms with Gasteiger partial charge in [-0.05, 0) is 34.4 Å². The molecule has 0 spiro atoms. The van der Waals surface area contributed by atoms with E-state index in [0.29, 0.717) is 0 Å². The van der Waals surface area contributed by atoms with Gasteiger partial charge in [0.2, 0.25) is 0 Å². The Kier molecular flexibility index (Phi) is 4.37. The molecule has 26 heavy (non-hydrogen) atoms. The van der Waals surface area contributed by atoms with Crippen molar-refractivity contribution in [2.75, 3.05) is 0 Å². The van der Waals surface area contributed by atoms with E-state index < -0.39 is 0 Å². The van der Waals surface area contributed by atoms with E-state index in [-0.39, 0.29) is 0 Å². The van der Waals surface area contributed by atoms with E-state index in [2.05, 4.69) is 54.5 Å². The lowest BCUT2D eigenvalue weighted by Crippen LogP contribution is -1.94. The molecule has 4 aromatic rings. The average Bonchev–Trinajstić information content (AvgIpc) is 2.74. The van der Waals surface area contributed by atoms with E-state index in [1.165, 1.54) is 0 Å². The summed E-state index contributed by atoms with van der Waals surface area (Å²) in [7, 11) is 0. The van der Waals surface area contributed by atoms with Gasteiger partial charge in [-0.2, -0.15) is 0 Å². The van der Waals surface area contributed by atoms with Crippen molar-refractivity contribution in [2.45, 2.75) is 0 Å². The number of rotatable bonds is 3. The number of benzene rings is 4. The zero-order valence-electron chi connectivity index (χ0n) is 14.3. The Bertz CT molecular complexity index is 1050. The lowest BCUT2D eigenvalue weighted by atomic mass is 9.86. The largest absolute Gasteiger partial charge is 0.115 e. The van der Waals surface area contributed by atoms with Crippen LogP contribution in [0.2, 0.25) is 0 Å². The summed E-state index contributed by atoms with van der Waals surface area (Å²) in [6.07, 6.45) is 6.00. The lowest BCUT2D eigenvalue weighted by Gasteiger charge is -2.16. The third-order valence-electron chi connectivity index (χ3n) is 4.48. The highest BCUT2D eigenvalue weighted by Gasteiger charge is 2.16. The maximum atomic E-state index is 6.00. The summed E-state index contributed by atoms with van der Waals surface area (Å²) >= 11 is 0. The fourth-order valence-electron chi connectivity index (χ4n) is 3.28. The molecule has 0 saturated carbocycles. The van der Waals surface area contributed by atoms with E-state index in [1.807, 2.05) is 54.6 Å². The van der Waals surface area contributed by atoms with Gasteiger partial charge in [0.1, 0.15) is 0 Å². The van der Waals surface area contributed by atoms with Crippen LogP contribution in [0.1, 0.15) is 5.56 Å². The van der Waals surface area contributed by atoms with Gasteiger partial charge in [0.05, 0.1) is 0 Å². The zero-order valence-corrected chi connectivity index (χ0v) is 14.3. The molecule has 0 aliphatic heterocycles. The Morgan fingerprint density at radius 2 is 1.12 bits per heavy atom. The second kappa shape index (κ2) is 7.13. The highest BCUT2D eigenvalue weighted by molar-refractivity contribution is 5.92. The van der Waals surface area contributed by atoms with Gasteiger partial charge in [0, 0.05) is 16.7 Å². The van der Waals surface area contributed by atoms with E-state index >= 15 is 0 Å². The Hall–Kier alpha value is -3.56. The molecule has 0 amide bonds. The molecule has 0 fully saturated rings. The van der Waals surface area contributed by atoms with Crippen molar-refractivity contribution in [1.82, 2.24) is 0 Å². The highest BCUT2D eigenvalue weighted by atomic mass is 14.2. The van der Waals surface area contributed by atoms with Crippen LogP contribution in [0.5, 0.6) is 0 Å². The SMILES string of the molecule is C#Cc1c(-c2ccccc2)[c]cc(-c2ccccc2)c1-c1ccccc1. The topological polar surface area (TPSA) is 0 Å². The Morgan fingerprint density at radius 3 is 1.65 bits per heavy atom. The zero-order chi connectivity index (χ0) is 17.8. The Balaban J connectivity index is 2.05. The van der Waals surface area contributed by atoms with Crippen LogP contribution in [0, 0.1) is 18.4 Å². The van der Waals surface area contributed by atoms with Crippen LogP contribution in [0.15, 0.2) is 97.1 Å². The fraction of sp³-hybridized carbons (Fsp3) is 0. The average molecular weight is 329 g/mol. The summed E-state index contributed by atoms with van der Waals surface area (Å²) in [5.41, 5.74) is 7.36. The minimum atomic E-state index is 0.878. The third kappa shape index (κ3) is 2.92. The van der Waals surface area contributed by atoms with Crippen LogP contribution in [0.3, 0.4) is 0 Å². The molecule has 4 aromatic carbocycles. The smallest absolute Gasteiger partial charge is 0.0411 e. The van der Waals surface area contributed by atoms with Crippen molar-refractivity contribution < 1.29 is 0 Å². The first-order chi connectivity index (χ1) is 12.9. The van der Waals surface area contributed by atoms with Crippen molar-refractivity contribution in [3.05, 3.63) is 109 Å². The quantitative estimate of drug-likeness (QED) is 0.378. The molecule has 0 heteroatoms. The molecule has 0 N–H and O–H groups in total. The second-order valence-electron chi connectivity index (χ2n) is 6.07. The molecule has 0 heterocycles. The molecule has 0 aliphatic rings. The van der Waals surface area contributed by atoms with Crippen molar-refractivity contribution in [3.63, 3.8) is 0 Å². The molecule has 0 bridgehead atoms. The van der Waals surface area contributed by atoms with Crippen molar-refractivity contribution in [1.29, 1.82) is 0 Å². The van der Waals surface area contributed by atoms with Gasteiger partial charge in [-0.3, -0.25) is 0 Å². The maximum absolute atomic E-state index is 6.00. The van der Waals surface area contributed by atoms with Gasteiger partial charge in [-0.15, -0.1) is 6.42 Å². The predicted molar refractivity (Wildman–Crippen MR) is 110 cm³/mol. The highest BCUT2D eigenvalue weighted by Crippen LogP contribution is 2.39. The Labute approximate surface area is 154 Å². The van der Waals surface area contributed by atoms with Crippen molar-refractivity contribution in [3.8, 4) is 45.7 Å². The number of hydrogen-bond donors (Lipinski definition) is 0. The Morgan fingerprint density at radius 1 is 0.615 bits per heavy atom. The first-order valence-corrected chi connectivity index (χ1v) is 8.60. The molecule has 1 radical (unpaired) electrons. The fourth-order valence-corrected chi connectivity index (χ4v) is 3.28. The monoisotopic (exact) mass is 329 g/mol. The summed E-state index contributed by atoms with van der Waals surface area (Å²) in [4.78, 5) is 0. The number of hydrogen-bond acceptors (Lipinski definition) is 0. The molecule has 0 unspecified atom stereocenters. The lowest BCUT2D eigenvalue weighted by molar-refractivity contribution is 1.53. The normalized spacial score (nSPS) is 10.3. The van der Waals surface area contributed by atoms with Crippen LogP contribution in [0.25, 0.3) is 33.4 Å². The third-order valence-corrected chi connectivity index (χ3v) is 4.48. The van der Waals surface area contributed by atoms with E-state index in [9.17, 15) is 0 Å². The molecule has 0 nitrogen and oxygen atoms in total. The van der Waals surface area contributed by atoms with E-state index in [0.717, 1.165) is 38.9 Å². The summed E-state index contributed by atoms with van der Waals surface area (Å²) in [5.74, 6) is 2.94. The molecule has 0 aliphatic carbocycles. The minimum Gasteiger partial charge on any atom is -0.115 e. The van der Waals surface area contributed by atoms with Gasteiger partial charge in [-0.25, -0.2) is 0 Å². The minimum absolute atomic E-state index is 0.878. The van der Waals surface area contributed by atoms with Gasteiger partial charge >= 0.3 is 0 Å². The second-order valence-corrected chi connectivity index (χ2v) is 6.07. The standard InChI is InChI=1S/C26H17/c1-2-23-24(20-12-6-3-7-13-20)18-19-25(21-14-8-4-9-15-21)26(23)22-16-10-5-11-17-22/h1,3-17,19H. The van der Waals surface area contributed by atoms with Gasteiger partial charge in [0.15, 0.2) is 0 Å². The first kappa shape index (κ1) is 15.9. The van der Waals surface area contributed by atoms with E-state index in [4.69, 9.17) is 6.42 Å². The summed E-state index contributed by atoms with van der Waals surface area (Å²) in [5, 5.41) is 0. The van der Waals surface area contributed by atoms with Crippen LogP contribution >= 0.6 is 0 Å². The van der Waals surface area contributed by atoms with Crippen molar-refractivity contribution >= 4 is 0 Å². The maximum Gasteiger partial charge on any atom is 0.0411 e. The van der Waals surface area contributed by atoms with Gasteiger partial charge < -0.3 is 0 Å². The van der Waals surface area contributed by atoms with Crippen molar-refractivity contribution in [2.24, 2.45) is 0 Å². The molecule has 0 atom stereocenters. The molecule has 0 aromatic heterocycles. The molecule has 4 rings (SSSR count). The van der Waals surface area contributed by atoms with Crippen LogP contribution < -0.4 is 0 Å². The van der Waals surface area contributed by atoms with Gasteiger partial charge in [0.25, 0.3) is 0 Å². The summed E-state index contributed by atoms with van der Waals surface area (Å²) < 4.78 is 0. The first-order valence-electron chi connectivity index (χ1n) is 8.60. The van der Waals surface area contributed by atoms with E-state index in [1.54, 1.807) is 0 Å². The predicted octanol–water partition coefficient (Wildman–Crippen LogP) is 6.47. The summed E-state index contributed by atoms with van der Waals surface area (Å²) in [6, 6.07) is 36.4. The molecular weight excluding hydrogens is 312 g/mol. The van der Waals surface area contributed by atoms with Gasteiger partial charge in [-0.1, -0.05) is 96.9 Å². The summed E-state index contributed by atoms with van der Waals surface area (Å²) in [6.45, 7) is 0. The molecular formula is C26H17.